The quantitative estimate of drug-likeness (QED) is 0.213. The molecule has 0 spiro atoms. The van der Waals surface area contributed by atoms with Crippen LogP contribution in [0.25, 0.3) is 0 Å². The first-order valence-corrected chi connectivity index (χ1v) is 9.29. The fourth-order valence-electron chi connectivity index (χ4n) is 2.76. The zero-order chi connectivity index (χ0) is 18.6. The molecule has 0 saturated carbocycles. The summed E-state index contributed by atoms with van der Waals surface area (Å²) < 4.78 is 0. The number of benzene rings is 1. The Labute approximate surface area is 178 Å². The van der Waals surface area contributed by atoms with E-state index in [9.17, 15) is 9.59 Å². The van der Waals surface area contributed by atoms with Gasteiger partial charge in [0.25, 0.3) is 0 Å². The number of carbonyl (C=O) groups excluding carboxylic acids is 2. The molecule has 1 aliphatic heterocycles. The van der Waals surface area contributed by atoms with Crippen LogP contribution in [0.2, 0.25) is 0 Å². The molecule has 2 rings (SSSR count). The number of guanidine groups is 1. The van der Waals surface area contributed by atoms with Crippen LogP contribution < -0.4 is 16.0 Å². The predicted molar refractivity (Wildman–Crippen MR) is 118 cm³/mol. The molecule has 27 heavy (non-hydrogen) atoms. The summed E-state index contributed by atoms with van der Waals surface area (Å²) in [5, 5.41) is 9.20. The summed E-state index contributed by atoms with van der Waals surface area (Å²) in [4.78, 5) is 29.7. The molecule has 0 bridgehead atoms. The van der Waals surface area contributed by atoms with Crippen molar-refractivity contribution in [3.05, 3.63) is 35.9 Å². The van der Waals surface area contributed by atoms with Crippen LogP contribution in [0.3, 0.4) is 0 Å². The highest BCUT2D eigenvalue weighted by Crippen LogP contribution is 2.09. The zero-order valence-electron chi connectivity index (χ0n) is 15.9. The van der Waals surface area contributed by atoms with Crippen molar-refractivity contribution in [2.75, 3.05) is 32.7 Å². The molecule has 3 N–H and O–H groups in total. The van der Waals surface area contributed by atoms with Crippen LogP contribution in [-0.4, -0.2) is 55.4 Å². The van der Waals surface area contributed by atoms with Crippen molar-refractivity contribution < 1.29 is 9.59 Å². The second-order valence-corrected chi connectivity index (χ2v) is 6.22. The summed E-state index contributed by atoms with van der Waals surface area (Å²) in [7, 11) is 0. The molecule has 0 radical (unpaired) electrons. The van der Waals surface area contributed by atoms with E-state index in [0.717, 1.165) is 38.0 Å². The fourth-order valence-corrected chi connectivity index (χ4v) is 2.76. The van der Waals surface area contributed by atoms with Gasteiger partial charge in [0, 0.05) is 39.1 Å². The highest BCUT2D eigenvalue weighted by Gasteiger charge is 2.18. The van der Waals surface area contributed by atoms with Gasteiger partial charge < -0.3 is 20.9 Å². The third-order valence-corrected chi connectivity index (χ3v) is 4.13. The van der Waals surface area contributed by atoms with Gasteiger partial charge in [0.2, 0.25) is 11.8 Å². The molecular formula is C19H30IN5O2. The molecule has 8 heteroatoms. The van der Waals surface area contributed by atoms with Crippen LogP contribution in [0.15, 0.2) is 35.3 Å². The Balaban J connectivity index is 0.00000364. The number of hydrogen-bond acceptors (Lipinski definition) is 3. The van der Waals surface area contributed by atoms with E-state index in [4.69, 9.17) is 0 Å². The molecule has 7 nitrogen and oxygen atoms in total. The fraction of sp³-hybridized carbons (Fsp3) is 0.526. The van der Waals surface area contributed by atoms with Crippen LogP contribution in [0, 0.1) is 0 Å². The number of hydrogen-bond donors (Lipinski definition) is 3. The van der Waals surface area contributed by atoms with E-state index in [2.05, 4.69) is 20.9 Å². The number of rotatable bonds is 9. The lowest BCUT2D eigenvalue weighted by Gasteiger charge is -2.16. The summed E-state index contributed by atoms with van der Waals surface area (Å²) in [6, 6.07) is 9.79. The summed E-state index contributed by atoms with van der Waals surface area (Å²) in [6.07, 6.45) is 2.50. The van der Waals surface area contributed by atoms with Crippen LogP contribution in [-0.2, 0) is 16.1 Å². The maximum Gasteiger partial charge on any atom is 0.242 e. The van der Waals surface area contributed by atoms with E-state index in [0.29, 0.717) is 25.5 Å². The second-order valence-electron chi connectivity index (χ2n) is 6.22. The Hall–Kier alpha value is -1.84. The highest BCUT2D eigenvalue weighted by molar-refractivity contribution is 14.0. The third kappa shape index (κ3) is 9.07. The van der Waals surface area contributed by atoms with Gasteiger partial charge in [-0.1, -0.05) is 30.3 Å². The Morgan fingerprint density at radius 3 is 2.63 bits per heavy atom. The van der Waals surface area contributed by atoms with Crippen molar-refractivity contribution in [3.63, 3.8) is 0 Å². The first-order valence-electron chi connectivity index (χ1n) is 9.29. The number of nitrogens with one attached hydrogen (secondary N) is 3. The predicted octanol–water partition coefficient (Wildman–Crippen LogP) is 1.49. The number of carbonyl (C=O) groups is 2. The van der Waals surface area contributed by atoms with E-state index < -0.39 is 0 Å². The van der Waals surface area contributed by atoms with E-state index in [1.807, 2.05) is 42.2 Å². The van der Waals surface area contributed by atoms with Crippen LogP contribution in [0.4, 0.5) is 0 Å². The van der Waals surface area contributed by atoms with Gasteiger partial charge >= 0.3 is 0 Å². The third-order valence-electron chi connectivity index (χ3n) is 4.13. The summed E-state index contributed by atoms with van der Waals surface area (Å²) in [5.41, 5.74) is 1.06. The van der Waals surface area contributed by atoms with Gasteiger partial charge in [-0.3, -0.25) is 9.59 Å². The minimum Gasteiger partial charge on any atom is -0.357 e. The molecule has 1 heterocycles. The van der Waals surface area contributed by atoms with Crippen LogP contribution >= 0.6 is 24.0 Å². The second kappa shape index (κ2) is 13.3. The topological polar surface area (TPSA) is 85.8 Å². The first-order chi connectivity index (χ1) is 12.7. The maximum atomic E-state index is 11.9. The van der Waals surface area contributed by atoms with Gasteiger partial charge in [-0.15, -0.1) is 24.0 Å². The highest BCUT2D eigenvalue weighted by atomic mass is 127. The monoisotopic (exact) mass is 487 g/mol. The van der Waals surface area contributed by atoms with Gasteiger partial charge in [-0.2, -0.15) is 0 Å². The maximum absolute atomic E-state index is 11.9. The van der Waals surface area contributed by atoms with Crippen molar-refractivity contribution in [3.8, 4) is 0 Å². The average molecular weight is 487 g/mol. The molecule has 1 aliphatic rings. The van der Waals surface area contributed by atoms with Gasteiger partial charge in [-0.05, 0) is 25.3 Å². The van der Waals surface area contributed by atoms with E-state index >= 15 is 0 Å². The van der Waals surface area contributed by atoms with E-state index in [1.54, 1.807) is 0 Å². The molecule has 0 aliphatic carbocycles. The van der Waals surface area contributed by atoms with E-state index in [1.165, 1.54) is 0 Å². The number of aliphatic imine (C=N–C) groups is 1. The van der Waals surface area contributed by atoms with Gasteiger partial charge in [0.1, 0.15) is 6.54 Å². The molecule has 1 saturated heterocycles. The molecule has 1 fully saturated rings. The zero-order valence-corrected chi connectivity index (χ0v) is 18.2. The van der Waals surface area contributed by atoms with Crippen molar-refractivity contribution in [1.29, 1.82) is 0 Å². The SMILES string of the molecule is CCNC(=NCC(=O)NCc1ccccc1)NCCCN1CCCC1=O.I. The molecule has 0 unspecified atom stereocenters. The van der Waals surface area contributed by atoms with Crippen molar-refractivity contribution in [2.45, 2.75) is 32.7 Å². The smallest absolute Gasteiger partial charge is 0.242 e. The lowest BCUT2D eigenvalue weighted by molar-refractivity contribution is -0.127. The summed E-state index contributed by atoms with van der Waals surface area (Å²) >= 11 is 0. The van der Waals surface area contributed by atoms with Gasteiger partial charge in [0.05, 0.1) is 0 Å². The minimum absolute atomic E-state index is 0. The lowest BCUT2D eigenvalue weighted by Crippen LogP contribution is -2.39. The van der Waals surface area contributed by atoms with Crippen LogP contribution in [0.1, 0.15) is 31.7 Å². The number of nitrogens with zero attached hydrogens (tertiary/aromatic N) is 2. The number of likely N-dealkylation sites (tertiary alicyclic amines) is 1. The largest absolute Gasteiger partial charge is 0.357 e. The van der Waals surface area contributed by atoms with Gasteiger partial charge in [-0.25, -0.2) is 4.99 Å². The molecule has 0 atom stereocenters. The molecule has 2 amide bonds. The Kier molecular flexibility index (Phi) is 11.5. The standard InChI is InChI=1S/C19H29N5O2.HI/c1-2-20-19(21-11-7-13-24-12-6-10-18(24)26)23-15-17(25)22-14-16-8-4-3-5-9-16;/h3-5,8-9H,2,6-7,10-15H2,1H3,(H,22,25)(H2,20,21,23);1H. The van der Waals surface area contributed by atoms with E-state index in [-0.39, 0.29) is 42.3 Å². The molecular weight excluding hydrogens is 457 g/mol. The van der Waals surface area contributed by atoms with Crippen molar-refractivity contribution >= 4 is 41.8 Å². The first kappa shape index (κ1) is 23.2. The minimum atomic E-state index is -0.117. The van der Waals surface area contributed by atoms with Crippen LogP contribution in [0.5, 0.6) is 0 Å². The normalized spacial score (nSPS) is 13.9. The molecule has 1 aromatic rings. The molecule has 0 aromatic heterocycles. The lowest BCUT2D eigenvalue weighted by atomic mass is 10.2. The summed E-state index contributed by atoms with van der Waals surface area (Å²) in [5.74, 6) is 0.754. The average Bonchev–Trinajstić information content (AvgIpc) is 3.07. The Morgan fingerprint density at radius 1 is 1.19 bits per heavy atom. The Bertz CT molecular complexity index is 609. The van der Waals surface area contributed by atoms with Crippen molar-refractivity contribution in [2.24, 2.45) is 4.99 Å². The van der Waals surface area contributed by atoms with Crippen molar-refractivity contribution in [1.82, 2.24) is 20.9 Å². The number of amides is 2. The Morgan fingerprint density at radius 2 is 1.96 bits per heavy atom. The summed E-state index contributed by atoms with van der Waals surface area (Å²) in [6.45, 7) is 5.63. The molecule has 1 aromatic carbocycles. The van der Waals surface area contributed by atoms with Gasteiger partial charge in [0.15, 0.2) is 5.96 Å². The number of halogens is 1. The molecule has 150 valence electrons.